The van der Waals surface area contributed by atoms with Crippen LogP contribution in [0.1, 0.15) is 66.0 Å². The Bertz CT molecular complexity index is 549. The monoisotopic (exact) mass is 320 g/mol. The molecule has 0 aromatic carbocycles. The molecule has 4 rings (SSSR count). The molecule has 1 atom stereocenters. The van der Waals surface area contributed by atoms with Gasteiger partial charge in [0.15, 0.2) is 0 Å². The minimum Gasteiger partial charge on any atom is -0.372 e. The number of aromatic nitrogens is 1. The molecule has 3 aliphatic rings. The lowest BCUT2D eigenvalue weighted by atomic mass is 9.78. The lowest BCUT2D eigenvalue weighted by Gasteiger charge is -2.38. The van der Waals surface area contributed by atoms with Crippen LogP contribution in [0.4, 0.5) is 0 Å². The average molecular weight is 320 g/mol. The maximum Gasteiger partial charge on any atom is 0.263 e. The van der Waals surface area contributed by atoms with Crippen molar-refractivity contribution in [2.45, 2.75) is 69.5 Å². The van der Waals surface area contributed by atoms with Gasteiger partial charge in [-0.15, -0.1) is 11.3 Å². The highest BCUT2D eigenvalue weighted by Crippen LogP contribution is 2.46. The van der Waals surface area contributed by atoms with Gasteiger partial charge in [0.05, 0.1) is 22.9 Å². The van der Waals surface area contributed by atoms with E-state index in [1.54, 1.807) is 17.5 Å². The fourth-order valence-electron chi connectivity index (χ4n) is 3.55. The van der Waals surface area contributed by atoms with Crippen molar-refractivity contribution >= 4 is 17.2 Å². The highest BCUT2D eigenvalue weighted by molar-refractivity contribution is 7.13. The van der Waals surface area contributed by atoms with Crippen LogP contribution in [0.15, 0.2) is 6.20 Å². The van der Waals surface area contributed by atoms with Crippen LogP contribution in [0.2, 0.25) is 0 Å². The van der Waals surface area contributed by atoms with Crippen molar-refractivity contribution in [1.82, 2.24) is 10.3 Å². The van der Waals surface area contributed by atoms with Crippen molar-refractivity contribution in [2.24, 2.45) is 5.92 Å². The van der Waals surface area contributed by atoms with Gasteiger partial charge in [0.25, 0.3) is 5.91 Å². The Labute approximate surface area is 135 Å². The zero-order valence-electron chi connectivity index (χ0n) is 13.0. The van der Waals surface area contributed by atoms with E-state index >= 15 is 0 Å². The van der Waals surface area contributed by atoms with Crippen molar-refractivity contribution in [3.63, 3.8) is 0 Å². The maximum absolute atomic E-state index is 12.1. The molecule has 5 heteroatoms. The zero-order valence-corrected chi connectivity index (χ0v) is 13.8. The van der Waals surface area contributed by atoms with E-state index in [2.05, 4.69) is 10.3 Å². The Morgan fingerprint density at radius 3 is 2.91 bits per heavy atom. The summed E-state index contributed by atoms with van der Waals surface area (Å²) in [6, 6.07) is 0. The number of hydrogen-bond donors (Lipinski definition) is 1. The first-order chi connectivity index (χ1) is 10.7. The Morgan fingerprint density at radius 2 is 2.23 bits per heavy atom. The highest BCUT2D eigenvalue weighted by Gasteiger charge is 2.44. The molecule has 1 aliphatic heterocycles. The summed E-state index contributed by atoms with van der Waals surface area (Å²) in [5, 5.41) is 4.13. The van der Waals surface area contributed by atoms with Crippen LogP contribution in [-0.4, -0.2) is 29.1 Å². The van der Waals surface area contributed by atoms with Crippen LogP contribution in [0.25, 0.3) is 0 Å². The van der Waals surface area contributed by atoms with Gasteiger partial charge in [-0.2, -0.15) is 0 Å². The van der Waals surface area contributed by atoms with Gasteiger partial charge in [0.2, 0.25) is 0 Å². The van der Waals surface area contributed by atoms with Crippen LogP contribution in [-0.2, 0) is 11.2 Å². The van der Waals surface area contributed by atoms with Crippen molar-refractivity contribution in [2.75, 3.05) is 6.54 Å². The number of hydrogen-bond acceptors (Lipinski definition) is 4. The molecule has 0 bridgehead atoms. The third-order valence-electron chi connectivity index (χ3n) is 5.29. The van der Waals surface area contributed by atoms with E-state index in [9.17, 15) is 4.79 Å². The molecule has 1 aromatic rings. The minimum atomic E-state index is 0.0240. The molecule has 1 spiro atoms. The molecule has 0 radical (unpaired) electrons. The Balaban J connectivity index is 1.20. The fourth-order valence-corrected chi connectivity index (χ4v) is 4.50. The Hall–Kier alpha value is -0.940. The largest absolute Gasteiger partial charge is 0.372 e. The molecule has 2 aliphatic carbocycles. The summed E-state index contributed by atoms with van der Waals surface area (Å²) in [6.45, 7) is 0.704. The number of amides is 1. The predicted molar refractivity (Wildman–Crippen MR) is 86.2 cm³/mol. The molecule has 2 saturated carbocycles. The molecular formula is C17H24N2O2S. The van der Waals surface area contributed by atoms with Crippen LogP contribution in [0, 0.1) is 5.92 Å². The number of rotatable bonds is 6. The smallest absolute Gasteiger partial charge is 0.263 e. The lowest BCUT2D eigenvalue weighted by Crippen LogP contribution is -2.37. The van der Waals surface area contributed by atoms with Gasteiger partial charge >= 0.3 is 0 Å². The van der Waals surface area contributed by atoms with Crippen molar-refractivity contribution in [3.8, 4) is 0 Å². The van der Waals surface area contributed by atoms with Crippen LogP contribution in [0.5, 0.6) is 0 Å². The summed E-state index contributed by atoms with van der Waals surface area (Å²) in [4.78, 5) is 17.3. The first kappa shape index (κ1) is 14.6. The lowest BCUT2D eigenvalue weighted by molar-refractivity contribution is -0.0920. The molecule has 2 heterocycles. The number of ether oxygens (including phenoxy) is 1. The van der Waals surface area contributed by atoms with Gasteiger partial charge in [-0.3, -0.25) is 4.79 Å². The van der Waals surface area contributed by atoms with Gasteiger partial charge in [0, 0.05) is 13.0 Å². The number of nitrogens with zero attached hydrogens (tertiary/aromatic N) is 1. The first-order valence-electron chi connectivity index (χ1n) is 8.63. The third-order valence-corrected chi connectivity index (χ3v) is 6.31. The summed E-state index contributed by atoms with van der Waals surface area (Å²) >= 11 is 1.55. The van der Waals surface area contributed by atoms with Gasteiger partial charge in [-0.1, -0.05) is 0 Å². The predicted octanol–water partition coefficient (Wildman–Crippen LogP) is 3.32. The molecule has 22 heavy (non-hydrogen) atoms. The second-order valence-electron chi connectivity index (χ2n) is 7.13. The van der Waals surface area contributed by atoms with Gasteiger partial charge in [0.1, 0.15) is 4.88 Å². The van der Waals surface area contributed by atoms with E-state index in [4.69, 9.17) is 4.74 Å². The molecule has 1 amide bonds. The van der Waals surface area contributed by atoms with E-state index in [1.807, 2.05) is 0 Å². The molecule has 1 unspecified atom stereocenters. The van der Waals surface area contributed by atoms with Crippen LogP contribution >= 0.6 is 11.3 Å². The molecule has 3 fully saturated rings. The molecule has 120 valence electrons. The average Bonchev–Trinajstić information content (AvgIpc) is 3.00. The zero-order chi connectivity index (χ0) is 15.0. The SMILES string of the molecule is O=C(NCCC1CCC2(CCC2)O1)c1cnc(CC2CC2)s1. The topological polar surface area (TPSA) is 51.2 Å². The van der Waals surface area contributed by atoms with E-state index in [1.165, 1.54) is 38.5 Å². The van der Waals surface area contributed by atoms with Gasteiger partial charge in [-0.05, 0) is 57.3 Å². The minimum absolute atomic E-state index is 0.0240. The van der Waals surface area contributed by atoms with E-state index < -0.39 is 0 Å². The number of carbonyl (C=O) groups is 1. The Kier molecular flexibility index (Phi) is 3.95. The fraction of sp³-hybridized carbons (Fsp3) is 0.765. The molecule has 1 saturated heterocycles. The molecule has 4 nitrogen and oxygen atoms in total. The summed E-state index contributed by atoms with van der Waals surface area (Å²) < 4.78 is 6.17. The first-order valence-corrected chi connectivity index (χ1v) is 9.45. The van der Waals surface area contributed by atoms with E-state index in [-0.39, 0.29) is 11.5 Å². The van der Waals surface area contributed by atoms with Crippen molar-refractivity contribution in [3.05, 3.63) is 16.1 Å². The second-order valence-corrected chi connectivity index (χ2v) is 8.24. The second kappa shape index (κ2) is 5.93. The van der Waals surface area contributed by atoms with Crippen molar-refractivity contribution in [1.29, 1.82) is 0 Å². The highest BCUT2D eigenvalue weighted by atomic mass is 32.1. The quantitative estimate of drug-likeness (QED) is 0.875. The van der Waals surface area contributed by atoms with E-state index in [0.717, 1.165) is 35.1 Å². The molecular weight excluding hydrogens is 296 g/mol. The van der Waals surface area contributed by atoms with Gasteiger partial charge < -0.3 is 10.1 Å². The van der Waals surface area contributed by atoms with E-state index in [0.29, 0.717) is 12.6 Å². The third kappa shape index (κ3) is 3.20. The summed E-state index contributed by atoms with van der Waals surface area (Å²) in [6.07, 6.45) is 12.9. The Morgan fingerprint density at radius 1 is 1.36 bits per heavy atom. The number of nitrogens with one attached hydrogen (secondary N) is 1. The maximum atomic E-state index is 12.1. The number of thiazole rings is 1. The van der Waals surface area contributed by atoms with Crippen LogP contribution < -0.4 is 5.32 Å². The molecule has 1 aromatic heterocycles. The summed E-state index contributed by atoms with van der Waals surface area (Å²) in [7, 11) is 0. The van der Waals surface area contributed by atoms with Crippen LogP contribution in [0.3, 0.4) is 0 Å². The summed E-state index contributed by atoms with van der Waals surface area (Å²) in [5.41, 5.74) is 0.226. The standard InChI is InChI=1S/C17H24N2O2S/c20-16(14-11-19-15(22-14)10-12-2-3-12)18-9-5-13-4-8-17(21-13)6-1-7-17/h11-13H,1-10H2,(H,18,20). The number of carbonyl (C=O) groups excluding carboxylic acids is 1. The van der Waals surface area contributed by atoms with Crippen molar-refractivity contribution < 1.29 is 9.53 Å². The molecule has 1 N–H and O–H groups in total. The normalized spacial score (nSPS) is 26.1. The summed E-state index contributed by atoms with van der Waals surface area (Å²) in [5.74, 6) is 0.844. The van der Waals surface area contributed by atoms with Gasteiger partial charge in [-0.25, -0.2) is 4.98 Å².